The van der Waals surface area contributed by atoms with Gasteiger partial charge in [-0.1, -0.05) is 0 Å². The molecule has 6 nitrogen and oxygen atoms in total. The van der Waals surface area contributed by atoms with Crippen LogP contribution in [0.3, 0.4) is 0 Å². The third-order valence-corrected chi connectivity index (χ3v) is 5.57. The zero-order valence-corrected chi connectivity index (χ0v) is 14.9. The second kappa shape index (κ2) is 6.29. The Bertz CT molecular complexity index is 750. The van der Waals surface area contributed by atoms with Crippen LogP contribution in [0.15, 0.2) is 11.6 Å². The number of hydrogen-bond acceptors (Lipinski definition) is 5. The first-order chi connectivity index (χ1) is 11.6. The van der Waals surface area contributed by atoms with Crippen LogP contribution in [0.2, 0.25) is 0 Å². The summed E-state index contributed by atoms with van der Waals surface area (Å²) in [5.41, 5.74) is 2.05. The minimum Gasteiger partial charge on any atom is -0.369 e. The van der Waals surface area contributed by atoms with Gasteiger partial charge in [0.1, 0.15) is 5.82 Å². The van der Waals surface area contributed by atoms with Crippen molar-refractivity contribution < 1.29 is 9.53 Å². The molecular weight excluding hydrogens is 324 g/mol. The molecule has 0 N–H and O–H groups in total. The van der Waals surface area contributed by atoms with Crippen molar-refractivity contribution in [2.24, 2.45) is 5.92 Å². The van der Waals surface area contributed by atoms with Crippen LogP contribution in [0.4, 0.5) is 0 Å². The Hall–Kier alpha value is -1.73. The fourth-order valence-electron chi connectivity index (χ4n) is 3.28. The van der Waals surface area contributed by atoms with Gasteiger partial charge in [-0.15, -0.1) is 11.3 Å². The average molecular weight is 346 g/mol. The lowest BCUT2D eigenvalue weighted by Gasteiger charge is -2.34. The lowest BCUT2D eigenvalue weighted by Crippen LogP contribution is -2.42. The van der Waals surface area contributed by atoms with Gasteiger partial charge < -0.3 is 14.2 Å². The number of aromatic nitrogens is 3. The second-order valence-electron chi connectivity index (χ2n) is 6.59. The molecule has 1 saturated carbocycles. The Morgan fingerprint density at radius 3 is 2.92 bits per heavy atom. The summed E-state index contributed by atoms with van der Waals surface area (Å²) < 4.78 is 8.01. The fraction of sp³-hybridized carbons (Fsp3) is 0.588. The van der Waals surface area contributed by atoms with Gasteiger partial charge in [-0.25, -0.2) is 9.97 Å². The molecule has 1 fully saturated rings. The second-order valence-corrected chi connectivity index (χ2v) is 7.65. The van der Waals surface area contributed by atoms with Crippen LogP contribution < -0.4 is 0 Å². The highest BCUT2D eigenvalue weighted by Crippen LogP contribution is 2.35. The summed E-state index contributed by atoms with van der Waals surface area (Å²) in [6, 6.07) is 0.0433. The lowest BCUT2D eigenvalue weighted by atomic mass is 10.2. The molecule has 24 heavy (non-hydrogen) atoms. The molecule has 1 atom stereocenters. The predicted molar refractivity (Wildman–Crippen MR) is 90.4 cm³/mol. The number of amides is 1. The van der Waals surface area contributed by atoms with Crippen LogP contribution in [-0.4, -0.2) is 31.9 Å². The van der Waals surface area contributed by atoms with Gasteiger partial charge in [0.15, 0.2) is 0 Å². The number of nitrogens with zero attached hydrogens (tertiary/aromatic N) is 4. The SMILES string of the molecule is Cc1nc(COCc2cnc3n2CCN(C(=O)C2CC2)[C@@H]3C)cs1. The molecule has 2 aromatic heterocycles. The van der Waals surface area contributed by atoms with Crippen molar-refractivity contribution in [3.8, 4) is 0 Å². The van der Waals surface area contributed by atoms with Crippen molar-refractivity contribution in [2.75, 3.05) is 6.54 Å². The number of rotatable bonds is 5. The first-order valence-electron chi connectivity index (χ1n) is 8.47. The Labute approximate surface area is 145 Å². The highest BCUT2D eigenvalue weighted by molar-refractivity contribution is 7.09. The van der Waals surface area contributed by atoms with Gasteiger partial charge in [0, 0.05) is 24.4 Å². The smallest absolute Gasteiger partial charge is 0.226 e. The molecule has 128 valence electrons. The van der Waals surface area contributed by atoms with Crippen LogP contribution in [0.25, 0.3) is 0 Å². The molecular formula is C17H22N4O2S. The van der Waals surface area contributed by atoms with E-state index in [1.807, 2.05) is 23.4 Å². The molecule has 1 amide bonds. The number of aryl methyl sites for hydroxylation is 1. The third kappa shape index (κ3) is 2.98. The largest absolute Gasteiger partial charge is 0.369 e. The highest BCUT2D eigenvalue weighted by Gasteiger charge is 2.38. The zero-order chi connectivity index (χ0) is 16.7. The molecule has 3 heterocycles. The van der Waals surface area contributed by atoms with E-state index in [1.165, 1.54) is 0 Å². The van der Waals surface area contributed by atoms with Crippen molar-refractivity contribution in [3.05, 3.63) is 33.8 Å². The minimum absolute atomic E-state index is 0.0433. The summed E-state index contributed by atoms with van der Waals surface area (Å²) in [7, 11) is 0. The maximum absolute atomic E-state index is 12.4. The fourth-order valence-corrected chi connectivity index (χ4v) is 3.87. The molecule has 1 aliphatic heterocycles. The third-order valence-electron chi connectivity index (χ3n) is 4.75. The van der Waals surface area contributed by atoms with Crippen LogP contribution in [0.5, 0.6) is 0 Å². The van der Waals surface area contributed by atoms with Crippen LogP contribution in [0, 0.1) is 12.8 Å². The Morgan fingerprint density at radius 1 is 1.38 bits per heavy atom. The standard InChI is InChI=1S/C17H22N4O2S/c1-11-16-18-7-15(9-23-8-14-10-24-12(2)19-14)21(16)6-5-20(11)17(22)13-3-4-13/h7,10-11,13H,3-6,8-9H2,1-2H3/t11-/m1/s1. The van der Waals surface area contributed by atoms with E-state index >= 15 is 0 Å². The van der Waals surface area contributed by atoms with Crippen LogP contribution in [0.1, 0.15) is 48.0 Å². The van der Waals surface area contributed by atoms with Gasteiger partial charge in [0.2, 0.25) is 5.91 Å². The summed E-state index contributed by atoms with van der Waals surface area (Å²) >= 11 is 1.64. The van der Waals surface area contributed by atoms with Crippen LogP contribution >= 0.6 is 11.3 Å². The number of imidazole rings is 1. The molecule has 0 radical (unpaired) electrons. The van der Waals surface area contributed by atoms with E-state index < -0.39 is 0 Å². The van der Waals surface area contributed by atoms with Gasteiger partial charge in [0.05, 0.1) is 41.8 Å². The molecule has 2 aromatic rings. The Kier molecular flexibility index (Phi) is 4.14. The van der Waals surface area contributed by atoms with Crippen molar-refractivity contribution in [1.29, 1.82) is 0 Å². The van der Waals surface area contributed by atoms with Crippen molar-refractivity contribution in [2.45, 2.75) is 52.5 Å². The van der Waals surface area contributed by atoms with E-state index in [4.69, 9.17) is 4.74 Å². The number of ether oxygens (including phenoxy) is 1. The summed E-state index contributed by atoms with van der Waals surface area (Å²) in [6.07, 6.45) is 3.97. The monoisotopic (exact) mass is 346 g/mol. The number of carbonyl (C=O) groups is 1. The van der Waals surface area contributed by atoms with Crippen molar-refractivity contribution >= 4 is 17.2 Å². The van der Waals surface area contributed by atoms with Gasteiger partial charge >= 0.3 is 0 Å². The predicted octanol–water partition coefficient (Wildman–Crippen LogP) is 2.68. The van der Waals surface area contributed by atoms with E-state index in [0.717, 1.165) is 48.2 Å². The van der Waals surface area contributed by atoms with E-state index in [2.05, 4.69) is 21.5 Å². The van der Waals surface area contributed by atoms with Gasteiger partial charge in [0.25, 0.3) is 0 Å². The minimum atomic E-state index is 0.0433. The number of thiazole rings is 1. The molecule has 7 heteroatoms. The molecule has 1 aliphatic carbocycles. The molecule has 0 aromatic carbocycles. The number of fused-ring (bicyclic) bond motifs is 1. The summed E-state index contributed by atoms with van der Waals surface area (Å²) in [6.45, 7) is 6.67. The summed E-state index contributed by atoms with van der Waals surface area (Å²) in [4.78, 5) is 23.3. The van der Waals surface area contributed by atoms with Crippen LogP contribution in [-0.2, 0) is 29.3 Å². The number of hydrogen-bond donors (Lipinski definition) is 0. The Morgan fingerprint density at radius 2 is 2.21 bits per heavy atom. The van der Waals surface area contributed by atoms with E-state index in [-0.39, 0.29) is 12.0 Å². The van der Waals surface area contributed by atoms with E-state index in [0.29, 0.717) is 19.1 Å². The molecule has 4 rings (SSSR count). The lowest BCUT2D eigenvalue weighted by molar-refractivity contribution is -0.135. The molecule has 2 aliphatic rings. The molecule has 0 unspecified atom stereocenters. The topological polar surface area (TPSA) is 60.3 Å². The molecule has 0 bridgehead atoms. The zero-order valence-electron chi connectivity index (χ0n) is 14.1. The van der Waals surface area contributed by atoms with E-state index in [1.54, 1.807) is 11.3 Å². The van der Waals surface area contributed by atoms with Crippen molar-refractivity contribution in [3.63, 3.8) is 0 Å². The molecule has 0 spiro atoms. The summed E-state index contributed by atoms with van der Waals surface area (Å²) in [5.74, 6) is 1.53. The number of carbonyl (C=O) groups excluding carboxylic acids is 1. The van der Waals surface area contributed by atoms with Gasteiger partial charge in [-0.05, 0) is 26.7 Å². The quantitative estimate of drug-likeness (QED) is 0.835. The Balaban J connectivity index is 1.40. The van der Waals surface area contributed by atoms with Crippen molar-refractivity contribution in [1.82, 2.24) is 19.4 Å². The normalized spacial score (nSPS) is 20.2. The summed E-state index contributed by atoms with van der Waals surface area (Å²) in [5, 5.41) is 3.09. The first kappa shape index (κ1) is 15.8. The maximum Gasteiger partial charge on any atom is 0.226 e. The van der Waals surface area contributed by atoms with Gasteiger partial charge in [-0.3, -0.25) is 4.79 Å². The van der Waals surface area contributed by atoms with Gasteiger partial charge in [-0.2, -0.15) is 0 Å². The van der Waals surface area contributed by atoms with E-state index in [9.17, 15) is 4.79 Å². The highest BCUT2D eigenvalue weighted by atomic mass is 32.1. The molecule has 0 saturated heterocycles. The maximum atomic E-state index is 12.4. The first-order valence-corrected chi connectivity index (χ1v) is 9.35. The average Bonchev–Trinajstić information content (AvgIpc) is 3.22.